The van der Waals surface area contributed by atoms with Crippen LogP contribution in [0.2, 0.25) is 0 Å². The van der Waals surface area contributed by atoms with E-state index in [1.165, 1.54) is 6.42 Å². The van der Waals surface area contributed by atoms with E-state index in [0.29, 0.717) is 0 Å². The Morgan fingerprint density at radius 3 is 2.33 bits per heavy atom. The molecule has 2 N–H and O–H groups in total. The van der Waals surface area contributed by atoms with Crippen molar-refractivity contribution in [1.29, 1.82) is 0 Å². The first-order valence-electron chi connectivity index (χ1n) is 8.43. The summed E-state index contributed by atoms with van der Waals surface area (Å²) in [6.45, 7) is 9.31. The number of hydrogen-bond donors (Lipinski definition) is 1. The van der Waals surface area contributed by atoms with E-state index in [2.05, 4.69) is 18.7 Å². The second-order valence-corrected chi connectivity index (χ2v) is 6.77. The molecule has 2 rings (SSSR count). The topological polar surface area (TPSA) is 58.8 Å². The smallest absolute Gasteiger partial charge is 0.242 e. The molecule has 5 heteroatoms. The highest BCUT2D eigenvalue weighted by Crippen LogP contribution is 2.28. The molecule has 122 valence electrons. The molecular weight excluding hydrogens is 266 g/mol. The quantitative estimate of drug-likeness (QED) is 0.829. The number of ether oxygens (including phenoxy) is 1. The Labute approximate surface area is 128 Å². The van der Waals surface area contributed by atoms with Gasteiger partial charge in [-0.3, -0.25) is 9.69 Å². The van der Waals surface area contributed by atoms with Crippen LogP contribution < -0.4 is 5.73 Å². The number of piperazine rings is 1. The van der Waals surface area contributed by atoms with Gasteiger partial charge in [0.2, 0.25) is 5.91 Å². The summed E-state index contributed by atoms with van der Waals surface area (Å²) >= 11 is 0. The molecule has 1 amide bonds. The summed E-state index contributed by atoms with van der Waals surface area (Å²) in [4.78, 5) is 17.0. The van der Waals surface area contributed by atoms with Gasteiger partial charge >= 0.3 is 0 Å². The number of nitrogens with two attached hydrogens (primary N) is 1. The maximum absolute atomic E-state index is 12.6. The molecule has 0 aromatic rings. The van der Waals surface area contributed by atoms with Crippen molar-refractivity contribution >= 4 is 5.91 Å². The van der Waals surface area contributed by atoms with Crippen LogP contribution in [0.5, 0.6) is 0 Å². The highest BCUT2D eigenvalue weighted by atomic mass is 16.5. The van der Waals surface area contributed by atoms with Crippen LogP contribution in [0.25, 0.3) is 0 Å². The van der Waals surface area contributed by atoms with Crippen molar-refractivity contribution in [3.05, 3.63) is 0 Å². The molecule has 0 aromatic heterocycles. The lowest BCUT2D eigenvalue weighted by atomic mass is 9.81. The Bertz CT molecular complexity index is 332. The molecule has 1 heterocycles. The van der Waals surface area contributed by atoms with Gasteiger partial charge in [0.1, 0.15) is 0 Å². The van der Waals surface area contributed by atoms with Crippen molar-refractivity contribution < 1.29 is 9.53 Å². The Balaban J connectivity index is 1.74. The monoisotopic (exact) mass is 297 g/mol. The third-order valence-electron chi connectivity index (χ3n) is 4.69. The van der Waals surface area contributed by atoms with Gasteiger partial charge in [0.05, 0.1) is 18.2 Å². The third kappa shape index (κ3) is 4.66. The molecule has 1 saturated carbocycles. The largest absolute Gasteiger partial charge is 0.377 e. The second kappa shape index (κ2) is 7.56. The first-order valence-corrected chi connectivity index (χ1v) is 8.43. The van der Waals surface area contributed by atoms with E-state index < -0.39 is 5.54 Å². The number of rotatable bonds is 5. The minimum Gasteiger partial charge on any atom is -0.377 e. The maximum Gasteiger partial charge on any atom is 0.242 e. The fourth-order valence-corrected chi connectivity index (χ4v) is 3.30. The molecule has 1 aliphatic carbocycles. The fourth-order valence-electron chi connectivity index (χ4n) is 3.30. The highest BCUT2D eigenvalue weighted by molar-refractivity contribution is 5.86. The average Bonchev–Trinajstić information content (AvgIpc) is 2.48. The van der Waals surface area contributed by atoms with Gasteiger partial charge in [-0.2, -0.15) is 0 Å². The summed E-state index contributed by atoms with van der Waals surface area (Å²) in [5, 5.41) is 0. The summed E-state index contributed by atoms with van der Waals surface area (Å²) in [5.74, 6) is 0.181. The normalized spacial score (nSPS) is 23.5. The zero-order valence-corrected chi connectivity index (χ0v) is 13.6. The standard InChI is InChI=1S/C16H31N3O2/c1-14(2)21-13-12-18-8-10-19(11-9-18)15(20)16(17)6-4-3-5-7-16/h14H,3-13,17H2,1-2H3. The summed E-state index contributed by atoms with van der Waals surface area (Å²) in [7, 11) is 0. The summed E-state index contributed by atoms with van der Waals surface area (Å²) in [5.41, 5.74) is 5.77. The fraction of sp³-hybridized carbons (Fsp3) is 0.938. The van der Waals surface area contributed by atoms with Gasteiger partial charge in [-0.15, -0.1) is 0 Å². The first-order chi connectivity index (χ1) is 10.0. The van der Waals surface area contributed by atoms with Crippen LogP contribution in [0, 0.1) is 0 Å². The van der Waals surface area contributed by atoms with Crippen LogP contribution in [0.4, 0.5) is 0 Å². The van der Waals surface area contributed by atoms with E-state index in [-0.39, 0.29) is 12.0 Å². The second-order valence-electron chi connectivity index (χ2n) is 6.77. The van der Waals surface area contributed by atoms with E-state index >= 15 is 0 Å². The van der Waals surface area contributed by atoms with Crippen molar-refractivity contribution in [1.82, 2.24) is 9.80 Å². The molecule has 0 radical (unpaired) electrons. The number of amides is 1. The third-order valence-corrected chi connectivity index (χ3v) is 4.69. The molecule has 5 nitrogen and oxygen atoms in total. The van der Waals surface area contributed by atoms with E-state index in [1.54, 1.807) is 0 Å². The number of nitrogens with zero attached hydrogens (tertiary/aromatic N) is 2. The molecule has 2 fully saturated rings. The van der Waals surface area contributed by atoms with Gasteiger partial charge in [0, 0.05) is 32.7 Å². The van der Waals surface area contributed by atoms with Gasteiger partial charge < -0.3 is 15.4 Å². The zero-order chi connectivity index (χ0) is 15.3. The lowest BCUT2D eigenvalue weighted by Crippen LogP contribution is -2.60. The number of carbonyl (C=O) groups excluding carboxylic acids is 1. The summed E-state index contributed by atoms with van der Waals surface area (Å²) in [6.07, 6.45) is 5.40. The predicted octanol–water partition coefficient (Wildman–Crippen LogP) is 1.22. The van der Waals surface area contributed by atoms with Crippen LogP contribution in [0.3, 0.4) is 0 Å². The van der Waals surface area contributed by atoms with Crippen molar-refractivity contribution in [2.24, 2.45) is 5.73 Å². The molecule has 1 saturated heterocycles. The summed E-state index contributed by atoms with van der Waals surface area (Å²) in [6, 6.07) is 0. The minimum absolute atomic E-state index is 0.181. The average molecular weight is 297 g/mol. The van der Waals surface area contributed by atoms with Gasteiger partial charge in [0.25, 0.3) is 0 Å². The SMILES string of the molecule is CC(C)OCCN1CCN(C(=O)C2(N)CCCCC2)CC1. The molecule has 1 aliphatic heterocycles. The van der Waals surface area contributed by atoms with Crippen LogP contribution >= 0.6 is 0 Å². The van der Waals surface area contributed by atoms with Gasteiger partial charge in [-0.05, 0) is 26.7 Å². The van der Waals surface area contributed by atoms with E-state index in [4.69, 9.17) is 10.5 Å². The lowest BCUT2D eigenvalue weighted by molar-refractivity contribution is -0.140. The van der Waals surface area contributed by atoms with Crippen LogP contribution in [-0.2, 0) is 9.53 Å². The van der Waals surface area contributed by atoms with E-state index in [0.717, 1.165) is 65.0 Å². The highest BCUT2D eigenvalue weighted by Gasteiger charge is 2.39. The Morgan fingerprint density at radius 1 is 1.14 bits per heavy atom. The zero-order valence-electron chi connectivity index (χ0n) is 13.6. The van der Waals surface area contributed by atoms with E-state index in [1.807, 2.05) is 4.90 Å². The van der Waals surface area contributed by atoms with Crippen LogP contribution in [0.15, 0.2) is 0 Å². The molecular formula is C16H31N3O2. The maximum atomic E-state index is 12.6. The Morgan fingerprint density at radius 2 is 1.76 bits per heavy atom. The van der Waals surface area contributed by atoms with Gasteiger partial charge in [-0.25, -0.2) is 0 Å². The molecule has 2 aliphatic rings. The van der Waals surface area contributed by atoms with Crippen molar-refractivity contribution in [2.75, 3.05) is 39.3 Å². The molecule has 0 spiro atoms. The van der Waals surface area contributed by atoms with Crippen LogP contribution in [0.1, 0.15) is 46.0 Å². The number of carbonyl (C=O) groups is 1. The Hall–Kier alpha value is -0.650. The van der Waals surface area contributed by atoms with Crippen molar-refractivity contribution in [2.45, 2.75) is 57.6 Å². The van der Waals surface area contributed by atoms with E-state index in [9.17, 15) is 4.79 Å². The Kier molecular flexibility index (Phi) is 6.02. The molecule has 0 atom stereocenters. The molecule has 21 heavy (non-hydrogen) atoms. The molecule has 0 aromatic carbocycles. The predicted molar refractivity (Wildman–Crippen MR) is 84.1 cm³/mol. The van der Waals surface area contributed by atoms with Crippen molar-refractivity contribution in [3.63, 3.8) is 0 Å². The molecule has 0 unspecified atom stereocenters. The van der Waals surface area contributed by atoms with Crippen LogP contribution in [-0.4, -0.2) is 66.7 Å². The van der Waals surface area contributed by atoms with Crippen molar-refractivity contribution in [3.8, 4) is 0 Å². The van der Waals surface area contributed by atoms with Gasteiger partial charge in [-0.1, -0.05) is 19.3 Å². The lowest BCUT2D eigenvalue weighted by Gasteiger charge is -2.41. The summed E-state index contributed by atoms with van der Waals surface area (Å²) < 4.78 is 5.59. The van der Waals surface area contributed by atoms with Gasteiger partial charge in [0.15, 0.2) is 0 Å². The first kappa shape index (κ1) is 16.7. The number of hydrogen-bond acceptors (Lipinski definition) is 4. The molecule has 0 bridgehead atoms. The minimum atomic E-state index is -0.582.